The average molecular weight is 382 g/mol. The molecule has 1 aromatic carbocycles. The van der Waals surface area contributed by atoms with Crippen LogP contribution in [-0.2, 0) is 15.0 Å². The van der Waals surface area contributed by atoms with Gasteiger partial charge in [0.05, 0.1) is 11.5 Å². The van der Waals surface area contributed by atoms with Crippen LogP contribution in [0.15, 0.2) is 43.0 Å². The first-order valence-corrected chi connectivity index (χ1v) is 9.86. The molecule has 28 heavy (non-hydrogen) atoms. The van der Waals surface area contributed by atoms with Crippen LogP contribution < -0.4 is 5.32 Å². The smallest absolute Gasteiger partial charge is 0.317 e. The Morgan fingerprint density at radius 3 is 2.46 bits per heavy atom. The molecule has 0 spiro atoms. The number of hydrogen-bond acceptors (Lipinski definition) is 3. The number of benzene rings is 1. The van der Waals surface area contributed by atoms with Crippen molar-refractivity contribution in [2.75, 3.05) is 39.3 Å². The molecule has 1 atom stereocenters. The summed E-state index contributed by atoms with van der Waals surface area (Å²) in [5.41, 5.74) is 0.381. The van der Waals surface area contributed by atoms with Crippen molar-refractivity contribution in [2.45, 2.75) is 24.3 Å². The van der Waals surface area contributed by atoms with E-state index in [1.165, 1.54) is 6.08 Å². The topological polar surface area (TPSA) is 73.0 Å². The molecule has 148 valence electrons. The second-order valence-corrected chi connectivity index (χ2v) is 7.76. The maximum absolute atomic E-state index is 13.8. The highest BCUT2D eigenvalue weighted by Crippen LogP contribution is 2.38. The van der Waals surface area contributed by atoms with Crippen molar-refractivity contribution in [1.29, 1.82) is 0 Å². The fraction of sp³-hybridized carbons (Fsp3) is 0.476. The molecular weight excluding hydrogens is 356 g/mol. The predicted octanol–water partition coefficient (Wildman–Crippen LogP) is 0.969. The van der Waals surface area contributed by atoms with Crippen molar-refractivity contribution in [3.05, 3.63) is 48.6 Å². The Bertz CT molecular complexity index is 786. The number of rotatable bonds is 3. The number of urea groups is 1. The predicted molar refractivity (Wildman–Crippen MR) is 105 cm³/mol. The molecule has 1 aromatic rings. The van der Waals surface area contributed by atoms with Gasteiger partial charge < -0.3 is 20.0 Å². The maximum atomic E-state index is 13.8. The molecule has 3 fully saturated rings. The summed E-state index contributed by atoms with van der Waals surface area (Å²) in [6, 6.07) is 9.91. The molecule has 3 aliphatic rings. The lowest BCUT2D eigenvalue weighted by molar-refractivity contribution is -0.143. The SMILES string of the molecule is C=CC(=O)N1CCC(C(=O)N2CCN3C(=O)NCC3C2)(c2ccccc2)CC1. The van der Waals surface area contributed by atoms with E-state index in [0.29, 0.717) is 52.1 Å². The molecule has 3 heterocycles. The Morgan fingerprint density at radius 1 is 1.07 bits per heavy atom. The molecule has 7 heteroatoms. The largest absolute Gasteiger partial charge is 0.339 e. The fourth-order valence-electron chi connectivity index (χ4n) is 4.71. The number of hydrogen-bond donors (Lipinski definition) is 1. The molecule has 1 unspecified atom stereocenters. The number of piperidine rings is 1. The third-order valence-corrected chi connectivity index (χ3v) is 6.36. The first kappa shape index (κ1) is 18.5. The fourth-order valence-corrected chi connectivity index (χ4v) is 4.71. The van der Waals surface area contributed by atoms with Gasteiger partial charge in [0.1, 0.15) is 0 Å². The Kier molecular flexibility index (Phi) is 4.83. The van der Waals surface area contributed by atoms with E-state index in [-0.39, 0.29) is 23.9 Å². The van der Waals surface area contributed by atoms with Crippen molar-refractivity contribution < 1.29 is 14.4 Å². The van der Waals surface area contributed by atoms with Crippen molar-refractivity contribution in [2.24, 2.45) is 0 Å². The van der Waals surface area contributed by atoms with Crippen LogP contribution in [0.3, 0.4) is 0 Å². The summed E-state index contributed by atoms with van der Waals surface area (Å²) in [6.45, 7) is 6.90. The van der Waals surface area contributed by atoms with Gasteiger partial charge in [0.25, 0.3) is 0 Å². The summed E-state index contributed by atoms with van der Waals surface area (Å²) in [5, 5.41) is 2.86. The Hall–Kier alpha value is -2.83. The van der Waals surface area contributed by atoms with Crippen LogP contribution in [0, 0.1) is 0 Å². The summed E-state index contributed by atoms with van der Waals surface area (Å²) in [4.78, 5) is 43.1. The van der Waals surface area contributed by atoms with Crippen molar-refractivity contribution in [3.8, 4) is 0 Å². The highest BCUT2D eigenvalue weighted by atomic mass is 16.2. The molecule has 0 radical (unpaired) electrons. The number of nitrogens with zero attached hydrogens (tertiary/aromatic N) is 3. The zero-order valence-electron chi connectivity index (χ0n) is 16.0. The zero-order valence-corrected chi connectivity index (χ0v) is 16.0. The Labute approximate surface area is 165 Å². The van der Waals surface area contributed by atoms with Crippen LogP contribution in [0.2, 0.25) is 0 Å². The van der Waals surface area contributed by atoms with Crippen LogP contribution >= 0.6 is 0 Å². The molecule has 3 saturated heterocycles. The monoisotopic (exact) mass is 382 g/mol. The first-order chi connectivity index (χ1) is 13.5. The molecule has 4 rings (SSSR count). The van der Waals surface area contributed by atoms with Gasteiger partial charge in [-0.3, -0.25) is 9.59 Å². The lowest BCUT2D eigenvalue weighted by atomic mass is 9.71. The van der Waals surface area contributed by atoms with Crippen LogP contribution in [0.25, 0.3) is 0 Å². The normalized spacial score (nSPS) is 23.8. The molecule has 0 aromatic heterocycles. The van der Waals surface area contributed by atoms with Crippen LogP contribution in [0.5, 0.6) is 0 Å². The third kappa shape index (κ3) is 3.04. The minimum Gasteiger partial charge on any atom is -0.339 e. The lowest BCUT2D eigenvalue weighted by Crippen LogP contribution is -2.60. The number of fused-ring (bicyclic) bond motifs is 1. The van der Waals surface area contributed by atoms with Gasteiger partial charge in [-0.2, -0.15) is 0 Å². The lowest BCUT2D eigenvalue weighted by Gasteiger charge is -2.46. The summed E-state index contributed by atoms with van der Waals surface area (Å²) >= 11 is 0. The van der Waals surface area contributed by atoms with Gasteiger partial charge >= 0.3 is 6.03 Å². The molecule has 3 aliphatic heterocycles. The standard InChI is InChI=1S/C21H26N4O3/c1-2-18(26)23-10-8-21(9-11-23,16-6-4-3-5-7-16)19(27)24-12-13-25-17(15-24)14-22-20(25)28/h2-7,17H,1,8-15H2,(H,22,28). The van der Waals surface area contributed by atoms with E-state index < -0.39 is 5.41 Å². The Balaban J connectivity index is 1.58. The van der Waals surface area contributed by atoms with E-state index in [4.69, 9.17) is 0 Å². The minimum atomic E-state index is -0.628. The highest BCUT2D eigenvalue weighted by Gasteiger charge is 2.47. The van der Waals surface area contributed by atoms with E-state index in [0.717, 1.165) is 5.56 Å². The van der Waals surface area contributed by atoms with Crippen LogP contribution in [-0.4, -0.2) is 77.9 Å². The summed E-state index contributed by atoms with van der Waals surface area (Å²) < 4.78 is 0. The maximum Gasteiger partial charge on any atom is 0.317 e. The average Bonchev–Trinajstić information content (AvgIpc) is 3.13. The molecule has 0 bridgehead atoms. The number of carbonyl (C=O) groups is 3. The van der Waals surface area contributed by atoms with Gasteiger partial charge in [0.2, 0.25) is 11.8 Å². The molecule has 0 saturated carbocycles. The van der Waals surface area contributed by atoms with E-state index in [2.05, 4.69) is 11.9 Å². The Morgan fingerprint density at radius 2 is 1.79 bits per heavy atom. The van der Waals surface area contributed by atoms with Gasteiger partial charge in [0.15, 0.2) is 0 Å². The molecular formula is C21H26N4O3. The molecule has 1 N–H and O–H groups in total. The first-order valence-electron chi connectivity index (χ1n) is 9.86. The van der Waals surface area contributed by atoms with E-state index in [1.54, 1.807) is 4.90 Å². The van der Waals surface area contributed by atoms with Gasteiger partial charge in [-0.05, 0) is 24.5 Å². The minimum absolute atomic E-state index is 0.0360. The number of amides is 4. The van der Waals surface area contributed by atoms with Gasteiger partial charge in [-0.25, -0.2) is 4.79 Å². The summed E-state index contributed by atoms with van der Waals surface area (Å²) in [7, 11) is 0. The van der Waals surface area contributed by atoms with Gasteiger partial charge in [0, 0.05) is 39.3 Å². The number of piperazine rings is 1. The second-order valence-electron chi connectivity index (χ2n) is 7.76. The number of nitrogens with one attached hydrogen (secondary N) is 1. The highest BCUT2D eigenvalue weighted by molar-refractivity contribution is 5.90. The second kappa shape index (κ2) is 7.30. The van der Waals surface area contributed by atoms with Crippen molar-refractivity contribution in [1.82, 2.24) is 20.0 Å². The van der Waals surface area contributed by atoms with Crippen molar-refractivity contribution >= 4 is 17.8 Å². The van der Waals surface area contributed by atoms with Gasteiger partial charge in [-0.15, -0.1) is 0 Å². The molecule has 0 aliphatic carbocycles. The van der Waals surface area contributed by atoms with Crippen LogP contribution in [0.1, 0.15) is 18.4 Å². The summed E-state index contributed by atoms with van der Waals surface area (Å²) in [6.07, 6.45) is 2.52. The molecule has 4 amide bonds. The van der Waals surface area contributed by atoms with Gasteiger partial charge in [-0.1, -0.05) is 36.9 Å². The number of carbonyl (C=O) groups excluding carboxylic acids is 3. The molecule has 7 nitrogen and oxygen atoms in total. The van der Waals surface area contributed by atoms with E-state index >= 15 is 0 Å². The third-order valence-electron chi connectivity index (χ3n) is 6.36. The van der Waals surface area contributed by atoms with Crippen LogP contribution in [0.4, 0.5) is 4.79 Å². The number of likely N-dealkylation sites (tertiary alicyclic amines) is 1. The van der Waals surface area contributed by atoms with E-state index in [1.807, 2.05) is 40.1 Å². The van der Waals surface area contributed by atoms with E-state index in [9.17, 15) is 14.4 Å². The quantitative estimate of drug-likeness (QED) is 0.792. The van der Waals surface area contributed by atoms with Crippen molar-refractivity contribution in [3.63, 3.8) is 0 Å². The summed E-state index contributed by atoms with van der Waals surface area (Å²) in [5.74, 6) is 0.0293. The zero-order chi connectivity index (χ0) is 19.7.